The predicted octanol–water partition coefficient (Wildman–Crippen LogP) is 3.37. The van der Waals surface area contributed by atoms with Crippen molar-refractivity contribution in [1.29, 1.82) is 0 Å². The third kappa shape index (κ3) is 2.41. The maximum absolute atomic E-state index is 12.5. The molecule has 1 atom stereocenters. The fourth-order valence-electron chi connectivity index (χ4n) is 1.63. The minimum absolute atomic E-state index is 0.409. The molecule has 1 N–H and O–H groups in total. The molecule has 0 aromatic carbocycles. The van der Waals surface area contributed by atoms with Gasteiger partial charge < -0.3 is 9.73 Å². The van der Waals surface area contributed by atoms with E-state index in [9.17, 15) is 13.2 Å². The van der Waals surface area contributed by atoms with Crippen LogP contribution >= 0.6 is 11.3 Å². The van der Waals surface area contributed by atoms with E-state index >= 15 is 0 Å². The first kappa shape index (κ1) is 13.1. The van der Waals surface area contributed by atoms with E-state index in [1.165, 1.54) is 12.5 Å². The van der Waals surface area contributed by atoms with E-state index in [-0.39, 0.29) is 0 Å². The minimum Gasteiger partial charge on any atom is -0.467 e. The first-order chi connectivity index (χ1) is 8.43. The zero-order valence-corrected chi connectivity index (χ0v) is 10.5. The summed E-state index contributed by atoms with van der Waals surface area (Å²) in [6.07, 6.45) is -1.66. The van der Waals surface area contributed by atoms with Crippen LogP contribution < -0.4 is 5.32 Å². The number of hydrogen-bond donors (Lipinski definition) is 1. The maximum atomic E-state index is 12.5. The summed E-state index contributed by atoms with van der Waals surface area (Å²) in [5.41, 5.74) is 0.885. The fraction of sp³-hybridized carbons (Fsp3) is 0.364. The lowest BCUT2D eigenvalue weighted by Gasteiger charge is -2.12. The highest BCUT2D eigenvalue weighted by atomic mass is 32.1. The topological polar surface area (TPSA) is 38.1 Å². The highest BCUT2D eigenvalue weighted by Crippen LogP contribution is 2.36. The summed E-state index contributed by atoms with van der Waals surface area (Å²) in [6, 6.07) is 1.36. The van der Waals surface area contributed by atoms with Crippen LogP contribution in [0.3, 0.4) is 0 Å². The van der Waals surface area contributed by atoms with Gasteiger partial charge in [0.1, 0.15) is 11.8 Å². The summed E-state index contributed by atoms with van der Waals surface area (Å²) in [5.74, 6) is 0.606. The normalized spacial score (nSPS) is 13.8. The second-order valence-electron chi connectivity index (χ2n) is 3.76. The van der Waals surface area contributed by atoms with Gasteiger partial charge in [-0.05, 0) is 25.6 Å². The number of furan rings is 1. The van der Waals surface area contributed by atoms with Crippen molar-refractivity contribution in [3.8, 4) is 0 Å². The van der Waals surface area contributed by atoms with Gasteiger partial charge >= 0.3 is 6.18 Å². The van der Waals surface area contributed by atoms with Crippen LogP contribution in [0.4, 0.5) is 13.2 Å². The van der Waals surface area contributed by atoms with Gasteiger partial charge in [-0.3, -0.25) is 0 Å². The standard InChI is InChI=1S/C11H11F3N2OS/c1-6-3-4-17-9(6)8(15-2)7-5-16-10(18-7)11(12,13)14/h3-5,8,15H,1-2H3. The van der Waals surface area contributed by atoms with Crippen molar-refractivity contribution in [1.82, 2.24) is 10.3 Å². The molecule has 2 aromatic rings. The summed E-state index contributed by atoms with van der Waals surface area (Å²) < 4.78 is 42.8. The molecule has 2 heterocycles. The third-order valence-electron chi connectivity index (χ3n) is 2.50. The first-order valence-corrected chi connectivity index (χ1v) is 5.99. The van der Waals surface area contributed by atoms with Crippen LogP contribution in [0.5, 0.6) is 0 Å². The molecule has 18 heavy (non-hydrogen) atoms. The number of alkyl halides is 3. The number of nitrogens with one attached hydrogen (secondary N) is 1. The van der Waals surface area contributed by atoms with E-state index in [1.54, 1.807) is 13.1 Å². The SMILES string of the molecule is CNC(c1cnc(C(F)(F)F)s1)c1occc1C. The molecule has 0 saturated heterocycles. The molecule has 0 aliphatic heterocycles. The molecule has 0 amide bonds. The Hall–Kier alpha value is -1.34. The average molecular weight is 276 g/mol. The molecule has 0 bridgehead atoms. The zero-order valence-electron chi connectivity index (χ0n) is 9.71. The predicted molar refractivity (Wildman–Crippen MR) is 61.5 cm³/mol. The third-order valence-corrected chi connectivity index (χ3v) is 3.61. The lowest BCUT2D eigenvalue weighted by Crippen LogP contribution is -2.16. The summed E-state index contributed by atoms with van der Waals surface area (Å²) in [5, 5.41) is 2.09. The van der Waals surface area contributed by atoms with Crippen LogP contribution in [0.2, 0.25) is 0 Å². The summed E-state index contributed by atoms with van der Waals surface area (Å²) in [6.45, 7) is 1.84. The highest BCUT2D eigenvalue weighted by Gasteiger charge is 2.35. The molecule has 0 aliphatic carbocycles. The molecule has 0 saturated carbocycles. The lowest BCUT2D eigenvalue weighted by atomic mass is 10.1. The van der Waals surface area contributed by atoms with Gasteiger partial charge in [0, 0.05) is 11.1 Å². The number of halogens is 3. The Kier molecular flexibility index (Phi) is 3.45. The van der Waals surface area contributed by atoms with E-state index in [0.717, 1.165) is 5.56 Å². The molecule has 0 radical (unpaired) electrons. The average Bonchev–Trinajstić information content (AvgIpc) is 2.89. The Morgan fingerprint density at radius 1 is 1.44 bits per heavy atom. The van der Waals surface area contributed by atoms with Crippen LogP contribution in [-0.4, -0.2) is 12.0 Å². The van der Waals surface area contributed by atoms with Crippen LogP contribution in [0.15, 0.2) is 22.9 Å². The maximum Gasteiger partial charge on any atom is 0.443 e. The van der Waals surface area contributed by atoms with Gasteiger partial charge in [0.15, 0.2) is 5.01 Å². The number of aromatic nitrogens is 1. The molecule has 98 valence electrons. The van der Waals surface area contributed by atoms with E-state index < -0.39 is 17.2 Å². The van der Waals surface area contributed by atoms with Crippen molar-refractivity contribution in [3.05, 3.63) is 39.7 Å². The van der Waals surface area contributed by atoms with Gasteiger partial charge in [-0.2, -0.15) is 13.2 Å². The van der Waals surface area contributed by atoms with Crippen molar-refractivity contribution < 1.29 is 17.6 Å². The van der Waals surface area contributed by atoms with E-state index in [4.69, 9.17) is 4.42 Å². The number of thiazole rings is 1. The monoisotopic (exact) mass is 276 g/mol. The van der Waals surface area contributed by atoms with Crippen molar-refractivity contribution in [3.63, 3.8) is 0 Å². The number of nitrogens with zero attached hydrogens (tertiary/aromatic N) is 1. The smallest absolute Gasteiger partial charge is 0.443 e. The Balaban J connectivity index is 2.35. The van der Waals surface area contributed by atoms with Gasteiger partial charge in [0.25, 0.3) is 0 Å². The Morgan fingerprint density at radius 3 is 2.61 bits per heavy atom. The Labute approximate surface area is 106 Å². The number of rotatable bonds is 3. The molecule has 1 unspecified atom stereocenters. The molecule has 7 heteroatoms. The van der Waals surface area contributed by atoms with Crippen LogP contribution in [0.25, 0.3) is 0 Å². The molecule has 3 nitrogen and oxygen atoms in total. The summed E-state index contributed by atoms with van der Waals surface area (Å²) in [4.78, 5) is 3.88. The molecule has 0 fully saturated rings. The quantitative estimate of drug-likeness (QED) is 0.934. The van der Waals surface area contributed by atoms with Gasteiger partial charge in [-0.1, -0.05) is 0 Å². The van der Waals surface area contributed by atoms with Crippen molar-refractivity contribution in [2.24, 2.45) is 0 Å². The molecule has 2 rings (SSSR count). The fourth-order valence-corrected chi connectivity index (χ4v) is 2.53. The first-order valence-electron chi connectivity index (χ1n) is 5.17. The molecular weight excluding hydrogens is 265 g/mol. The molecule has 2 aromatic heterocycles. The molecule has 0 aliphatic rings. The van der Waals surface area contributed by atoms with Gasteiger partial charge in [-0.25, -0.2) is 4.98 Å². The second kappa shape index (κ2) is 4.74. The minimum atomic E-state index is -4.40. The Bertz CT molecular complexity index is 532. The Morgan fingerprint density at radius 2 is 2.17 bits per heavy atom. The van der Waals surface area contributed by atoms with Gasteiger partial charge in [-0.15, -0.1) is 11.3 Å². The summed E-state index contributed by atoms with van der Waals surface area (Å²) in [7, 11) is 1.67. The highest BCUT2D eigenvalue weighted by molar-refractivity contribution is 7.11. The van der Waals surface area contributed by atoms with Crippen molar-refractivity contribution in [2.75, 3.05) is 7.05 Å². The summed E-state index contributed by atoms with van der Waals surface area (Å²) >= 11 is 0.621. The van der Waals surface area contributed by atoms with E-state index in [2.05, 4.69) is 10.3 Å². The lowest BCUT2D eigenvalue weighted by molar-refractivity contribution is -0.137. The zero-order chi connectivity index (χ0) is 13.3. The molecule has 0 spiro atoms. The van der Waals surface area contributed by atoms with Gasteiger partial charge in [0.2, 0.25) is 0 Å². The second-order valence-corrected chi connectivity index (χ2v) is 4.82. The van der Waals surface area contributed by atoms with Crippen LogP contribution in [-0.2, 0) is 6.18 Å². The van der Waals surface area contributed by atoms with Crippen LogP contribution in [0.1, 0.15) is 27.3 Å². The largest absolute Gasteiger partial charge is 0.467 e. The van der Waals surface area contributed by atoms with Crippen LogP contribution in [0, 0.1) is 6.92 Å². The van der Waals surface area contributed by atoms with E-state index in [1.807, 2.05) is 6.92 Å². The van der Waals surface area contributed by atoms with Gasteiger partial charge in [0.05, 0.1) is 6.26 Å². The number of aryl methyl sites for hydroxylation is 1. The van der Waals surface area contributed by atoms with E-state index in [0.29, 0.717) is 22.0 Å². The molecular formula is C11H11F3N2OS. The van der Waals surface area contributed by atoms with Crippen molar-refractivity contribution in [2.45, 2.75) is 19.1 Å². The van der Waals surface area contributed by atoms with Crippen molar-refractivity contribution >= 4 is 11.3 Å². The number of hydrogen-bond acceptors (Lipinski definition) is 4.